The molecule has 0 aliphatic carbocycles. The second kappa shape index (κ2) is 10.4. The number of anilines is 2. The molecule has 0 saturated heterocycles. The predicted octanol–water partition coefficient (Wildman–Crippen LogP) is 4.62. The van der Waals surface area contributed by atoms with Crippen molar-refractivity contribution in [1.29, 1.82) is 0 Å². The minimum absolute atomic E-state index is 0.728. The molecule has 2 aromatic carbocycles. The van der Waals surface area contributed by atoms with Gasteiger partial charge >= 0.3 is 0 Å². The Labute approximate surface area is 167 Å². The first-order valence-corrected chi connectivity index (χ1v) is 9.76. The third-order valence-electron chi connectivity index (χ3n) is 4.50. The Morgan fingerprint density at radius 2 is 1.68 bits per heavy atom. The van der Waals surface area contributed by atoms with Crippen molar-refractivity contribution in [2.45, 2.75) is 19.9 Å². The highest BCUT2D eigenvalue weighted by Gasteiger charge is 2.12. The molecule has 0 amide bonds. The Morgan fingerprint density at radius 3 is 2.36 bits per heavy atom. The summed E-state index contributed by atoms with van der Waals surface area (Å²) >= 11 is 0. The summed E-state index contributed by atoms with van der Waals surface area (Å²) in [6, 6.07) is 22.6. The molecule has 1 aromatic heterocycles. The number of nitrogens with zero attached hydrogens (tertiary/aromatic N) is 3. The summed E-state index contributed by atoms with van der Waals surface area (Å²) in [5, 5.41) is 3.42. The average molecular weight is 377 g/mol. The molecule has 0 unspecified atom stereocenters. The van der Waals surface area contributed by atoms with Crippen LogP contribution in [0.2, 0.25) is 0 Å². The van der Waals surface area contributed by atoms with E-state index in [0.717, 1.165) is 55.7 Å². The molecule has 28 heavy (non-hydrogen) atoms. The molecule has 0 atom stereocenters. The van der Waals surface area contributed by atoms with Crippen LogP contribution in [0, 0.1) is 0 Å². The van der Waals surface area contributed by atoms with Crippen LogP contribution in [0.3, 0.4) is 0 Å². The lowest BCUT2D eigenvalue weighted by molar-refractivity contribution is 0.198. The number of methoxy groups -OCH3 is 1. The molecular weight excluding hydrogens is 348 g/mol. The first kappa shape index (κ1) is 19.8. The SMILES string of the molecule is CCN(Cc1ccccc1)c1cc(NCCCOC)nc(-c2ccccc2)n1. The van der Waals surface area contributed by atoms with E-state index in [-0.39, 0.29) is 0 Å². The van der Waals surface area contributed by atoms with E-state index in [0.29, 0.717) is 0 Å². The van der Waals surface area contributed by atoms with E-state index in [1.165, 1.54) is 5.56 Å². The van der Waals surface area contributed by atoms with Gasteiger partial charge in [0, 0.05) is 45.0 Å². The van der Waals surface area contributed by atoms with Crippen molar-refractivity contribution in [2.75, 3.05) is 37.0 Å². The molecule has 3 aromatic rings. The smallest absolute Gasteiger partial charge is 0.163 e. The second-order valence-electron chi connectivity index (χ2n) is 6.57. The lowest BCUT2D eigenvalue weighted by Crippen LogP contribution is -2.23. The van der Waals surface area contributed by atoms with Crippen molar-refractivity contribution in [1.82, 2.24) is 9.97 Å². The number of aromatic nitrogens is 2. The second-order valence-corrected chi connectivity index (χ2v) is 6.57. The molecule has 1 N–H and O–H groups in total. The van der Waals surface area contributed by atoms with Crippen LogP contribution in [0.1, 0.15) is 18.9 Å². The maximum Gasteiger partial charge on any atom is 0.163 e. The molecule has 0 bridgehead atoms. The fourth-order valence-corrected chi connectivity index (χ4v) is 2.99. The maximum atomic E-state index is 5.14. The fraction of sp³-hybridized carbons (Fsp3) is 0.304. The Bertz CT molecular complexity index is 840. The molecular formula is C23H28N4O. The van der Waals surface area contributed by atoms with Gasteiger partial charge in [-0.15, -0.1) is 0 Å². The van der Waals surface area contributed by atoms with Gasteiger partial charge in [0.15, 0.2) is 5.82 Å². The zero-order valence-corrected chi connectivity index (χ0v) is 16.6. The lowest BCUT2D eigenvalue weighted by Gasteiger charge is -2.23. The lowest BCUT2D eigenvalue weighted by atomic mass is 10.2. The van der Waals surface area contributed by atoms with Gasteiger partial charge < -0.3 is 15.0 Å². The summed E-state index contributed by atoms with van der Waals surface area (Å²) in [5.74, 6) is 2.50. The van der Waals surface area contributed by atoms with Gasteiger partial charge in [-0.3, -0.25) is 0 Å². The zero-order valence-electron chi connectivity index (χ0n) is 16.6. The minimum Gasteiger partial charge on any atom is -0.385 e. The molecule has 146 valence electrons. The molecule has 0 saturated carbocycles. The molecule has 0 spiro atoms. The van der Waals surface area contributed by atoms with Gasteiger partial charge in [-0.2, -0.15) is 0 Å². The highest BCUT2D eigenvalue weighted by Crippen LogP contribution is 2.23. The van der Waals surface area contributed by atoms with Crippen LogP contribution in [0.5, 0.6) is 0 Å². The quantitative estimate of drug-likeness (QED) is 0.523. The monoisotopic (exact) mass is 376 g/mol. The summed E-state index contributed by atoms with van der Waals surface area (Å²) in [6.07, 6.45) is 0.929. The van der Waals surface area contributed by atoms with E-state index in [2.05, 4.69) is 41.4 Å². The minimum atomic E-state index is 0.728. The summed E-state index contributed by atoms with van der Waals surface area (Å²) in [7, 11) is 1.72. The van der Waals surface area contributed by atoms with Gasteiger partial charge in [0.05, 0.1) is 0 Å². The fourth-order valence-electron chi connectivity index (χ4n) is 2.99. The summed E-state index contributed by atoms with van der Waals surface area (Å²) < 4.78 is 5.14. The maximum absolute atomic E-state index is 5.14. The Morgan fingerprint density at radius 1 is 0.964 bits per heavy atom. The van der Waals surface area contributed by atoms with Gasteiger partial charge in [-0.05, 0) is 18.9 Å². The van der Waals surface area contributed by atoms with Crippen LogP contribution in [-0.2, 0) is 11.3 Å². The highest BCUT2D eigenvalue weighted by atomic mass is 16.5. The molecule has 5 heteroatoms. The van der Waals surface area contributed by atoms with E-state index in [4.69, 9.17) is 14.7 Å². The van der Waals surface area contributed by atoms with Crippen molar-refractivity contribution in [2.24, 2.45) is 0 Å². The standard InChI is InChI=1S/C23H28N4O/c1-3-27(18-19-11-6-4-7-12-19)22-17-21(24-15-10-16-28-2)25-23(26-22)20-13-8-5-9-14-20/h4-9,11-14,17H,3,10,15-16,18H2,1-2H3,(H,24,25,26). The molecule has 0 fully saturated rings. The first-order chi connectivity index (χ1) is 13.8. The summed E-state index contributed by atoms with van der Waals surface area (Å²) in [5.41, 5.74) is 2.28. The van der Waals surface area contributed by atoms with Gasteiger partial charge in [0.25, 0.3) is 0 Å². The zero-order chi connectivity index (χ0) is 19.6. The van der Waals surface area contributed by atoms with Gasteiger partial charge in [-0.25, -0.2) is 9.97 Å². The number of hydrogen-bond acceptors (Lipinski definition) is 5. The van der Waals surface area contributed by atoms with Crippen molar-refractivity contribution in [3.63, 3.8) is 0 Å². The van der Waals surface area contributed by atoms with Crippen LogP contribution in [0.25, 0.3) is 11.4 Å². The molecule has 0 radical (unpaired) electrons. The van der Waals surface area contributed by atoms with Crippen LogP contribution in [-0.4, -0.2) is 36.8 Å². The van der Waals surface area contributed by atoms with E-state index in [9.17, 15) is 0 Å². The van der Waals surface area contributed by atoms with Gasteiger partial charge in [0.1, 0.15) is 11.6 Å². The van der Waals surface area contributed by atoms with Crippen LogP contribution >= 0.6 is 0 Å². The molecule has 0 aliphatic rings. The molecule has 1 heterocycles. The normalized spacial score (nSPS) is 10.6. The predicted molar refractivity (Wildman–Crippen MR) is 116 cm³/mol. The van der Waals surface area contributed by atoms with Crippen LogP contribution in [0.15, 0.2) is 66.7 Å². The molecule has 5 nitrogen and oxygen atoms in total. The third kappa shape index (κ3) is 5.54. The van der Waals surface area contributed by atoms with Crippen LogP contribution < -0.4 is 10.2 Å². The number of rotatable bonds is 10. The number of benzene rings is 2. The van der Waals surface area contributed by atoms with E-state index >= 15 is 0 Å². The molecule has 0 aliphatic heterocycles. The Kier molecular flexibility index (Phi) is 7.38. The van der Waals surface area contributed by atoms with E-state index < -0.39 is 0 Å². The van der Waals surface area contributed by atoms with Crippen LogP contribution in [0.4, 0.5) is 11.6 Å². The van der Waals surface area contributed by atoms with E-state index in [1.54, 1.807) is 7.11 Å². The summed E-state index contributed by atoms with van der Waals surface area (Å²) in [6.45, 7) is 5.36. The molecule has 3 rings (SSSR count). The van der Waals surface area contributed by atoms with Crippen molar-refractivity contribution in [3.05, 3.63) is 72.3 Å². The van der Waals surface area contributed by atoms with Crippen molar-refractivity contribution < 1.29 is 4.74 Å². The van der Waals surface area contributed by atoms with E-state index in [1.807, 2.05) is 42.5 Å². The topological polar surface area (TPSA) is 50.3 Å². The van der Waals surface area contributed by atoms with Gasteiger partial charge in [-0.1, -0.05) is 60.7 Å². The van der Waals surface area contributed by atoms with Crippen molar-refractivity contribution in [3.8, 4) is 11.4 Å². The largest absolute Gasteiger partial charge is 0.385 e. The van der Waals surface area contributed by atoms with Crippen molar-refractivity contribution >= 4 is 11.6 Å². The highest BCUT2D eigenvalue weighted by molar-refractivity contribution is 5.61. The number of nitrogens with one attached hydrogen (secondary N) is 1. The Hall–Kier alpha value is -2.92. The average Bonchev–Trinajstić information content (AvgIpc) is 2.76. The van der Waals surface area contributed by atoms with Gasteiger partial charge in [0.2, 0.25) is 0 Å². The summed E-state index contributed by atoms with van der Waals surface area (Å²) in [4.78, 5) is 11.9. The third-order valence-corrected chi connectivity index (χ3v) is 4.50. The Balaban J connectivity index is 1.89. The number of hydrogen-bond donors (Lipinski definition) is 1. The number of ether oxygens (including phenoxy) is 1. The first-order valence-electron chi connectivity index (χ1n) is 9.76.